The molecule has 0 aromatic carbocycles. The van der Waals surface area contributed by atoms with E-state index in [9.17, 15) is 0 Å². The maximum Gasteiger partial charge on any atom is 0.0458 e. The Hall–Kier alpha value is -1.15. The van der Waals surface area contributed by atoms with E-state index < -0.39 is 0 Å². The van der Waals surface area contributed by atoms with Gasteiger partial charge in [0.15, 0.2) is 0 Å². The predicted octanol–water partition coefficient (Wildman–Crippen LogP) is 3.35. The van der Waals surface area contributed by atoms with Gasteiger partial charge < -0.3 is 0 Å². The number of hydrogen-bond donors (Lipinski definition) is 0. The fraction of sp³-hybridized carbons (Fsp3) is 0.250. The third kappa shape index (κ3) is 2.02. The topological polar surface area (TPSA) is 12.9 Å². The van der Waals surface area contributed by atoms with Gasteiger partial charge in [-0.2, -0.15) is 0 Å². The van der Waals surface area contributed by atoms with E-state index in [1.54, 1.807) is 11.3 Å². The molecule has 0 aliphatic heterocycles. The molecule has 0 fully saturated rings. The smallest absolute Gasteiger partial charge is 0.0458 e. The van der Waals surface area contributed by atoms with E-state index in [4.69, 9.17) is 0 Å². The average molecular weight is 203 g/mol. The van der Waals surface area contributed by atoms with E-state index in [1.807, 2.05) is 6.20 Å². The van der Waals surface area contributed by atoms with Crippen molar-refractivity contribution in [2.24, 2.45) is 0 Å². The highest BCUT2D eigenvalue weighted by atomic mass is 32.1. The lowest BCUT2D eigenvalue weighted by Gasteiger charge is -2.02. The van der Waals surface area contributed by atoms with Crippen molar-refractivity contribution in [3.8, 4) is 0 Å². The van der Waals surface area contributed by atoms with Crippen LogP contribution in [-0.4, -0.2) is 4.98 Å². The summed E-state index contributed by atoms with van der Waals surface area (Å²) in [4.78, 5) is 5.80. The van der Waals surface area contributed by atoms with Crippen LogP contribution in [0.25, 0.3) is 0 Å². The Bertz CT molecular complexity index is 418. The molecule has 2 aromatic rings. The van der Waals surface area contributed by atoms with Gasteiger partial charge in [0, 0.05) is 23.2 Å². The molecule has 0 aliphatic rings. The van der Waals surface area contributed by atoms with Crippen molar-refractivity contribution in [2.45, 2.75) is 20.3 Å². The quantitative estimate of drug-likeness (QED) is 0.729. The minimum Gasteiger partial charge on any atom is -0.261 e. The maximum atomic E-state index is 4.42. The Kier molecular flexibility index (Phi) is 2.64. The largest absolute Gasteiger partial charge is 0.261 e. The maximum absolute atomic E-state index is 4.42. The Morgan fingerprint density at radius 3 is 2.79 bits per heavy atom. The molecular weight excluding hydrogens is 190 g/mol. The van der Waals surface area contributed by atoms with Crippen molar-refractivity contribution in [3.05, 3.63) is 51.5 Å². The van der Waals surface area contributed by atoms with Gasteiger partial charge in [0.2, 0.25) is 0 Å². The first kappa shape index (κ1) is 9.41. The molecule has 0 spiro atoms. The first-order valence-corrected chi connectivity index (χ1v) is 5.58. The van der Waals surface area contributed by atoms with Gasteiger partial charge in [0.05, 0.1) is 0 Å². The fourth-order valence-electron chi connectivity index (χ4n) is 1.37. The molecule has 0 atom stereocenters. The number of thiophene rings is 1. The van der Waals surface area contributed by atoms with Crippen molar-refractivity contribution in [1.82, 2.24) is 4.98 Å². The zero-order valence-electron chi connectivity index (χ0n) is 8.45. The summed E-state index contributed by atoms with van der Waals surface area (Å²) < 4.78 is 0. The molecule has 2 heterocycles. The van der Waals surface area contributed by atoms with E-state index in [1.165, 1.54) is 16.0 Å². The van der Waals surface area contributed by atoms with Crippen molar-refractivity contribution in [1.29, 1.82) is 0 Å². The Morgan fingerprint density at radius 2 is 2.14 bits per heavy atom. The molecule has 0 N–H and O–H groups in total. The molecule has 2 aromatic heterocycles. The molecular formula is C12H13NS. The van der Waals surface area contributed by atoms with Crippen molar-refractivity contribution in [3.63, 3.8) is 0 Å². The molecule has 14 heavy (non-hydrogen) atoms. The summed E-state index contributed by atoms with van der Waals surface area (Å²) in [6, 6.07) is 6.41. The van der Waals surface area contributed by atoms with Crippen LogP contribution in [0.2, 0.25) is 0 Å². The summed E-state index contributed by atoms with van der Waals surface area (Å²) >= 11 is 1.79. The average Bonchev–Trinajstić information content (AvgIpc) is 2.64. The van der Waals surface area contributed by atoms with Crippen LogP contribution in [0.3, 0.4) is 0 Å². The summed E-state index contributed by atoms with van der Waals surface area (Å²) in [5.41, 5.74) is 3.75. The number of hydrogen-bond acceptors (Lipinski definition) is 2. The predicted molar refractivity (Wildman–Crippen MR) is 60.8 cm³/mol. The van der Waals surface area contributed by atoms with E-state index >= 15 is 0 Å². The normalized spacial score (nSPS) is 10.4. The highest BCUT2D eigenvalue weighted by Gasteiger charge is 2.00. The van der Waals surface area contributed by atoms with E-state index in [2.05, 4.69) is 42.4 Å². The Morgan fingerprint density at radius 1 is 1.29 bits per heavy atom. The van der Waals surface area contributed by atoms with Crippen LogP contribution in [0, 0.1) is 13.8 Å². The first-order chi connectivity index (χ1) is 6.75. The first-order valence-electron chi connectivity index (χ1n) is 4.70. The van der Waals surface area contributed by atoms with Crippen molar-refractivity contribution < 1.29 is 0 Å². The zero-order chi connectivity index (χ0) is 9.97. The van der Waals surface area contributed by atoms with E-state index in [0.717, 1.165) is 12.1 Å². The molecule has 0 aliphatic carbocycles. The van der Waals surface area contributed by atoms with Gasteiger partial charge in [-0.3, -0.25) is 4.98 Å². The van der Waals surface area contributed by atoms with Crippen molar-refractivity contribution in [2.75, 3.05) is 0 Å². The van der Waals surface area contributed by atoms with Gasteiger partial charge >= 0.3 is 0 Å². The monoisotopic (exact) mass is 203 g/mol. The highest BCUT2D eigenvalue weighted by molar-refractivity contribution is 7.09. The molecule has 0 saturated heterocycles. The summed E-state index contributed by atoms with van der Waals surface area (Å²) in [7, 11) is 0. The van der Waals surface area contributed by atoms with E-state index in [0.29, 0.717) is 0 Å². The van der Waals surface area contributed by atoms with Gasteiger partial charge in [-0.05, 0) is 42.5 Å². The molecule has 0 radical (unpaired) electrons. The van der Waals surface area contributed by atoms with Crippen LogP contribution in [0.15, 0.2) is 29.8 Å². The minimum atomic E-state index is 0.957. The molecule has 0 saturated carbocycles. The number of aromatic nitrogens is 1. The zero-order valence-corrected chi connectivity index (χ0v) is 9.27. The second-order valence-electron chi connectivity index (χ2n) is 3.52. The SMILES string of the molecule is Cc1cnc(Cc2cccs2)cc1C. The van der Waals surface area contributed by atoms with Crippen LogP contribution in [0.4, 0.5) is 0 Å². The molecule has 2 rings (SSSR count). The molecule has 72 valence electrons. The Labute approximate surface area is 88.4 Å². The number of aryl methyl sites for hydroxylation is 2. The summed E-state index contributed by atoms with van der Waals surface area (Å²) in [6.45, 7) is 4.23. The third-order valence-corrected chi connectivity index (χ3v) is 3.24. The van der Waals surface area contributed by atoms with Gasteiger partial charge in [-0.1, -0.05) is 6.07 Å². The number of pyridine rings is 1. The lowest BCUT2D eigenvalue weighted by atomic mass is 10.1. The van der Waals surface area contributed by atoms with Gasteiger partial charge in [-0.15, -0.1) is 11.3 Å². The third-order valence-electron chi connectivity index (χ3n) is 2.36. The molecule has 1 nitrogen and oxygen atoms in total. The molecule has 0 unspecified atom stereocenters. The lowest BCUT2D eigenvalue weighted by molar-refractivity contribution is 1.06. The second kappa shape index (κ2) is 3.93. The summed E-state index contributed by atoms with van der Waals surface area (Å²) in [5.74, 6) is 0. The van der Waals surface area contributed by atoms with Crippen LogP contribution in [-0.2, 0) is 6.42 Å². The van der Waals surface area contributed by atoms with E-state index in [-0.39, 0.29) is 0 Å². The summed E-state index contributed by atoms with van der Waals surface area (Å²) in [5, 5.41) is 2.11. The van der Waals surface area contributed by atoms with Crippen LogP contribution < -0.4 is 0 Å². The van der Waals surface area contributed by atoms with Crippen LogP contribution in [0.1, 0.15) is 21.7 Å². The molecule has 0 amide bonds. The minimum absolute atomic E-state index is 0.957. The standard InChI is InChI=1S/C12H13NS/c1-9-6-11(13-8-10(9)2)7-12-4-3-5-14-12/h3-6,8H,7H2,1-2H3. The fourth-order valence-corrected chi connectivity index (χ4v) is 2.09. The van der Waals surface area contributed by atoms with Crippen LogP contribution >= 0.6 is 11.3 Å². The van der Waals surface area contributed by atoms with Crippen LogP contribution in [0.5, 0.6) is 0 Å². The number of rotatable bonds is 2. The van der Waals surface area contributed by atoms with Crippen molar-refractivity contribution >= 4 is 11.3 Å². The second-order valence-corrected chi connectivity index (χ2v) is 4.55. The van der Waals surface area contributed by atoms with Gasteiger partial charge in [0.1, 0.15) is 0 Å². The summed E-state index contributed by atoms with van der Waals surface area (Å²) in [6.07, 6.45) is 2.91. The number of nitrogens with zero attached hydrogens (tertiary/aromatic N) is 1. The molecule has 2 heteroatoms. The molecule has 0 bridgehead atoms. The van der Waals surface area contributed by atoms with Gasteiger partial charge in [0.25, 0.3) is 0 Å². The lowest BCUT2D eigenvalue weighted by Crippen LogP contribution is -1.92. The van der Waals surface area contributed by atoms with Gasteiger partial charge in [-0.25, -0.2) is 0 Å². The highest BCUT2D eigenvalue weighted by Crippen LogP contribution is 2.15. The Balaban J connectivity index is 2.22.